The number of phenols is 1. The molecule has 0 saturated carbocycles. The average Bonchev–Trinajstić information content (AvgIpc) is 2.72. The molecule has 0 aromatic heterocycles. The molecule has 0 spiro atoms. The predicted molar refractivity (Wildman–Crippen MR) is 173 cm³/mol. The molecule has 0 radical (unpaired) electrons. The molecule has 216 valence electrons. The zero-order valence-electron chi connectivity index (χ0n) is 27.5. The highest BCUT2D eigenvalue weighted by atomic mass is 32.2. The van der Waals surface area contributed by atoms with Crippen LogP contribution < -0.4 is 4.74 Å². The molecule has 0 aliphatic carbocycles. The van der Waals surface area contributed by atoms with Gasteiger partial charge in [0, 0.05) is 32.0 Å². The Morgan fingerprint density at radius 3 is 1.03 bits per heavy atom. The minimum Gasteiger partial charge on any atom is -0.507 e. The lowest BCUT2D eigenvalue weighted by atomic mass is 9.79. The molecule has 2 aromatic rings. The Labute approximate surface area is 244 Å². The number of phenolic OH excluding ortho intramolecular Hbond substituents is 1. The fourth-order valence-electron chi connectivity index (χ4n) is 4.39. The molecule has 0 saturated heterocycles. The van der Waals surface area contributed by atoms with E-state index in [2.05, 4.69) is 121 Å². The van der Waals surface area contributed by atoms with Gasteiger partial charge in [-0.15, -0.1) is 23.5 Å². The maximum atomic E-state index is 11.2. The quantitative estimate of drug-likeness (QED) is 0.291. The Bertz CT molecular complexity index is 1020. The lowest BCUT2D eigenvalue weighted by Crippen LogP contribution is -2.20. The number of hydrogen-bond acceptors (Lipinski definition) is 4. The molecule has 0 unspecified atom stereocenters. The van der Waals surface area contributed by atoms with Gasteiger partial charge in [-0.1, -0.05) is 96.9 Å². The first-order valence-corrected chi connectivity index (χ1v) is 15.6. The van der Waals surface area contributed by atoms with Crippen LogP contribution in [0.1, 0.15) is 133 Å². The SMILES string of the molecule is CC.COc1c(C(C)(C)C)cc(SC(C)(C)Sc2cc(C(C)(C)C)c(O)c(C(C)(C)C)c2)cc1C(C)(C)C. The van der Waals surface area contributed by atoms with Gasteiger partial charge < -0.3 is 9.84 Å². The molecule has 2 rings (SSSR count). The monoisotopic (exact) mass is 560 g/mol. The van der Waals surface area contributed by atoms with E-state index in [4.69, 9.17) is 4.74 Å². The van der Waals surface area contributed by atoms with Crippen molar-refractivity contribution < 1.29 is 9.84 Å². The van der Waals surface area contributed by atoms with E-state index in [1.54, 1.807) is 7.11 Å². The summed E-state index contributed by atoms with van der Waals surface area (Å²) >= 11 is 3.76. The summed E-state index contributed by atoms with van der Waals surface area (Å²) in [4.78, 5) is 2.45. The smallest absolute Gasteiger partial charge is 0.126 e. The first kappa shape index (κ1) is 34.8. The highest BCUT2D eigenvalue weighted by Gasteiger charge is 2.31. The van der Waals surface area contributed by atoms with Gasteiger partial charge in [0.1, 0.15) is 11.5 Å². The van der Waals surface area contributed by atoms with Gasteiger partial charge in [0.2, 0.25) is 0 Å². The molecule has 0 atom stereocenters. The molecule has 1 N–H and O–H groups in total. The molecule has 0 heterocycles. The van der Waals surface area contributed by atoms with Crippen LogP contribution in [-0.2, 0) is 21.7 Å². The lowest BCUT2D eigenvalue weighted by Gasteiger charge is -2.32. The van der Waals surface area contributed by atoms with E-state index in [-0.39, 0.29) is 25.7 Å². The zero-order chi connectivity index (χ0) is 30.1. The Hall–Kier alpha value is -1.26. The summed E-state index contributed by atoms with van der Waals surface area (Å²) in [7, 11) is 1.79. The summed E-state index contributed by atoms with van der Waals surface area (Å²) in [6, 6.07) is 9.01. The maximum Gasteiger partial charge on any atom is 0.126 e. The van der Waals surface area contributed by atoms with Crippen molar-refractivity contribution in [1.29, 1.82) is 0 Å². The second kappa shape index (κ2) is 12.1. The van der Waals surface area contributed by atoms with Gasteiger partial charge in [0.05, 0.1) is 11.2 Å². The van der Waals surface area contributed by atoms with Gasteiger partial charge in [0.15, 0.2) is 0 Å². The van der Waals surface area contributed by atoms with E-state index in [9.17, 15) is 5.11 Å². The third kappa shape index (κ3) is 8.88. The number of aromatic hydroxyl groups is 1. The van der Waals surface area contributed by atoms with Crippen LogP contribution in [0, 0.1) is 0 Å². The second-order valence-electron chi connectivity index (χ2n) is 14.5. The van der Waals surface area contributed by atoms with Crippen molar-refractivity contribution in [3.63, 3.8) is 0 Å². The topological polar surface area (TPSA) is 29.5 Å². The van der Waals surface area contributed by atoms with Crippen LogP contribution in [0.4, 0.5) is 0 Å². The Kier molecular flexibility index (Phi) is 11.1. The van der Waals surface area contributed by atoms with Crippen LogP contribution in [0.15, 0.2) is 34.1 Å². The van der Waals surface area contributed by atoms with Crippen LogP contribution in [-0.4, -0.2) is 16.3 Å². The van der Waals surface area contributed by atoms with Gasteiger partial charge in [-0.05, 0) is 59.8 Å². The first-order valence-electron chi connectivity index (χ1n) is 14.0. The Morgan fingerprint density at radius 2 is 0.789 bits per heavy atom. The number of methoxy groups -OCH3 is 1. The number of rotatable bonds is 5. The first-order chi connectivity index (χ1) is 17.0. The summed E-state index contributed by atoms with van der Waals surface area (Å²) in [5.74, 6) is 1.44. The van der Waals surface area contributed by atoms with Gasteiger partial charge in [-0.25, -0.2) is 0 Å². The van der Waals surface area contributed by atoms with Crippen LogP contribution >= 0.6 is 23.5 Å². The van der Waals surface area contributed by atoms with Crippen LogP contribution in [0.5, 0.6) is 11.5 Å². The van der Waals surface area contributed by atoms with Crippen molar-refractivity contribution in [2.45, 2.75) is 146 Å². The van der Waals surface area contributed by atoms with E-state index in [1.165, 1.54) is 20.9 Å². The van der Waals surface area contributed by atoms with Gasteiger partial charge in [-0.2, -0.15) is 0 Å². The molecule has 2 aromatic carbocycles. The normalized spacial score (nSPS) is 13.2. The third-order valence-corrected chi connectivity index (χ3v) is 8.74. The van der Waals surface area contributed by atoms with Gasteiger partial charge in [0.25, 0.3) is 0 Å². The maximum absolute atomic E-state index is 11.2. The standard InChI is InChI=1S/C32H50O2S2.C2H6/c1-28(2,3)22-16-20(17-23(26(22)33)29(4,5)6)35-32(13,14)36-21-18-24(30(7,8)9)27(34-15)25(19-21)31(10,11)12;1-2/h16-19,33H,1-15H3;1-2H3. The molecule has 2 nitrogen and oxygen atoms in total. The van der Waals surface area contributed by atoms with E-state index < -0.39 is 0 Å². The van der Waals surface area contributed by atoms with Crippen molar-refractivity contribution in [3.8, 4) is 11.5 Å². The van der Waals surface area contributed by atoms with E-state index in [1.807, 2.05) is 37.4 Å². The minimum absolute atomic E-state index is 0.0284. The average molecular weight is 561 g/mol. The van der Waals surface area contributed by atoms with E-state index >= 15 is 0 Å². The molecule has 4 heteroatoms. The summed E-state index contributed by atoms with van der Waals surface area (Å²) in [5.41, 5.74) is 4.17. The van der Waals surface area contributed by atoms with Crippen molar-refractivity contribution in [3.05, 3.63) is 46.5 Å². The third-order valence-electron chi connectivity index (χ3n) is 6.31. The minimum atomic E-state index is -0.142. The van der Waals surface area contributed by atoms with E-state index in [0.717, 1.165) is 16.9 Å². The summed E-state index contributed by atoms with van der Waals surface area (Å²) in [5, 5.41) is 11.2. The summed E-state index contributed by atoms with van der Waals surface area (Å²) in [6.07, 6.45) is 0. The Balaban J connectivity index is 0.00000352. The summed E-state index contributed by atoms with van der Waals surface area (Å²) in [6.45, 7) is 35.1. The van der Waals surface area contributed by atoms with Gasteiger partial charge >= 0.3 is 0 Å². The molecular weight excluding hydrogens is 505 g/mol. The number of hydrogen-bond donors (Lipinski definition) is 1. The fourth-order valence-corrected chi connectivity index (χ4v) is 6.98. The van der Waals surface area contributed by atoms with Crippen LogP contribution in [0.3, 0.4) is 0 Å². The molecule has 0 bridgehead atoms. The largest absolute Gasteiger partial charge is 0.507 e. The number of benzene rings is 2. The van der Waals surface area contributed by atoms with Crippen molar-refractivity contribution in [2.75, 3.05) is 7.11 Å². The highest BCUT2D eigenvalue weighted by molar-refractivity contribution is 8.18. The highest BCUT2D eigenvalue weighted by Crippen LogP contribution is 2.51. The second-order valence-corrected chi connectivity index (χ2v) is 18.2. The molecule has 0 aliphatic heterocycles. The van der Waals surface area contributed by atoms with E-state index in [0.29, 0.717) is 5.75 Å². The fraction of sp³-hybridized carbons (Fsp3) is 0.647. The number of thioether (sulfide) groups is 2. The number of ether oxygens (including phenoxy) is 1. The summed E-state index contributed by atoms with van der Waals surface area (Å²) < 4.78 is 5.85. The van der Waals surface area contributed by atoms with Gasteiger partial charge in [-0.3, -0.25) is 0 Å². The van der Waals surface area contributed by atoms with Crippen LogP contribution in [0.2, 0.25) is 0 Å². The predicted octanol–water partition coefficient (Wildman–Crippen LogP) is 11.2. The Morgan fingerprint density at radius 1 is 0.526 bits per heavy atom. The molecule has 0 aliphatic rings. The molecule has 38 heavy (non-hydrogen) atoms. The molecule has 0 fully saturated rings. The zero-order valence-corrected chi connectivity index (χ0v) is 29.1. The van der Waals surface area contributed by atoms with Crippen molar-refractivity contribution >= 4 is 23.5 Å². The molecule has 0 amide bonds. The van der Waals surface area contributed by atoms with Crippen molar-refractivity contribution in [2.24, 2.45) is 0 Å². The van der Waals surface area contributed by atoms with Crippen molar-refractivity contribution in [1.82, 2.24) is 0 Å². The lowest BCUT2D eigenvalue weighted by molar-refractivity contribution is 0.380. The molecular formula is C34H56O2S2. The van der Waals surface area contributed by atoms with Crippen LogP contribution in [0.25, 0.3) is 0 Å².